The number of fused-ring (bicyclic) bond motifs is 1. The van der Waals surface area contributed by atoms with E-state index in [1.165, 1.54) is 6.33 Å². The van der Waals surface area contributed by atoms with E-state index in [-0.39, 0.29) is 0 Å². The molecular weight excluding hydrogens is 218 g/mol. The molecule has 0 aromatic carbocycles. The predicted octanol–water partition coefficient (Wildman–Crippen LogP) is 2.36. The lowest BCUT2D eigenvalue weighted by Gasteiger charge is -1.92. The lowest BCUT2D eigenvalue weighted by molar-refractivity contribution is 1.20. The Balaban J connectivity index is 2.86. The molecule has 4 heteroatoms. The third kappa shape index (κ3) is 1.04. The monoisotopic (exact) mass is 223 g/mol. The number of hydrogen-bond donors (Lipinski definition) is 1. The number of aromatic nitrogens is 3. The van der Waals surface area contributed by atoms with Crippen molar-refractivity contribution in [3.05, 3.63) is 29.3 Å². The molecule has 0 atom stereocenters. The summed E-state index contributed by atoms with van der Waals surface area (Å²) in [4.78, 5) is 11.2. The van der Waals surface area contributed by atoms with Crippen molar-refractivity contribution in [2.24, 2.45) is 0 Å². The van der Waals surface area contributed by atoms with Crippen LogP contribution in [0.1, 0.15) is 5.69 Å². The molecule has 2 aromatic rings. The van der Waals surface area contributed by atoms with Crippen molar-refractivity contribution in [3.63, 3.8) is 0 Å². The zero-order valence-corrected chi connectivity index (χ0v) is 7.80. The van der Waals surface area contributed by atoms with Gasteiger partial charge in [-0.3, -0.25) is 0 Å². The molecule has 0 saturated heterocycles. The van der Waals surface area contributed by atoms with Crippen LogP contribution in [0.5, 0.6) is 0 Å². The predicted molar refractivity (Wildman–Crippen MR) is 51.7 cm³/mol. The SMILES string of the molecule is C=Cc1ncnc2cc(Br)[nH]c12. The number of rotatable bonds is 1. The van der Waals surface area contributed by atoms with E-state index in [1.807, 2.05) is 6.07 Å². The first-order chi connectivity index (χ1) is 5.81. The third-order valence-corrected chi connectivity index (χ3v) is 2.03. The van der Waals surface area contributed by atoms with Gasteiger partial charge in [0.1, 0.15) is 6.33 Å². The molecule has 0 aliphatic carbocycles. The molecule has 0 saturated carbocycles. The highest BCUT2D eigenvalue weighted by Gasteiger charge is 2.02. The van der Waals surface area contributed by atoms with Crippen molar-refractivity contribution < 1.29 is 0 Å². The Labute approximate surface area is 77.7 Å². The molecule has 0 spiro atoms. The second-order valence-corrected chi connectivity index (χ2v) is 3.19. The van der Waals surface area contributed by atoms with Crippen LogP contribution in [0.3, 0.4) is 0 Å². The Kier molecular flexibility index (Phi) is 1.69. The molecule has 2 heterocycles. The number of halogens is 1. The Hall–Kier alpha value is -1.16. The molecule has 0 radical (unpaired) electrons. The van der Waals surface area contributed by atoms with Gasteiger partial charge in [-0.1, -0.05) is 6.58 Å². The molecule has 12 heavy (non-hydrogen) atoms. The standard InChI is InChI=1S/C8H6BrN3/c1-2-5-8-6(11-4-10-5)3-7(9)12-8/h2-4,12H,1H2. The lowest BCUT2D eigenvalue weighted by atomic mass is 10.3. The van der Waals surface area contributed by atoms with E-state index in [2.05, 4.69) is 37.5 Å². The minimum absolute atomic E-state index is 0.825. The summed E-state index contributed by atoms with van der Waals surface area (Å²) in [6.45, 7) is 3.66. The molecule has 0 amide bonds. The van der Waals surface area contributed by atoms with Crippen LogP contribution in [0.15, 0.2) is 23.6 Å². The average Bonchev–Trinajstić information content (AvgIpc) is 2.44. The highest BCUT2D eigenvalue weighted by molar-refractivity contribution is 9.10. The van der Waals surface area contributed by atoms with Crippen molar-refractivity contribution in [1.29, 1.82) is 0 Å². The van der Waals surface area contributed by atoms with E-state index in [9.17, 15) is 0 Å². The molecule has 0 fully saturated rings. The molecule has 1 N–H and O–H groups in total. The fraction of sp³-hybridized carbons (Fsp3) is 0. The molecule has 3 nitrogen and oxygen atoms in total. The van der Waals surface area contributed by atoms with Gasteiger partial charge in [0.05, 0.1) is 21.3 Å². The normalized spacial score (nSPS) is 10.4. The van der Waals surface area contributed by atoms with E-state index in [4.69, 9.17) is 0 Å². The third-order valence-electron chi connectivity index (χ3n) is 1.61. The summed E-state index contributed by atoms with van der Waals surface area (Å²) in [6.07, 6.45) is 3.23. The number of aromatic amines is 1. The Morgan fingerprint density at radius 2 is 2.33 bits per heavy atom. The van der Waals surface area contributed by atoms with Crippen LogP contribution in [0, 0.1) is 0 Å². The van der Waals surface area contributed by atoms with E-state index in [0.717, 1.165) is 21.3 Å². The van der Waals surface area contributed by atoms with E-state index < -0.39 is 0 Å². The quantitative estimate of drug-likeness (QED) is 0.807. The zero-order valence-electron chi connectivity index (χ0n) is 6.21. The van der Waals surface area contributed by atoms with Crippen LogP contribution >= 0.6 is 15.9 Å². The average molecular weight is 224 g/mol. The van der Waals surface area contributed by atoms with Gasteiger partial charge in [-0.2, -0.15) is 0 Å². The maximum absolute atomic E-state index is 4.09. The van der Waals surface area contributed by atoms with Crippen LogP contribution in [0.4, 0.5) is 0 Å². The van der Waals surface area contributed by atoms with Crippen molar-refractivity contribution in [1.82, 2.24) is 15.0 Å². The van der Waals surface area contributed by atoms with Gasteiger partial charge in [-0.25, -0.2) is 9.97 Å². The van der Waals surface area contributed by atoms with E-state index in [0.29, 0.717) is 0 Å². The number of nitrogens with one attached hydrogen (secondary N) is 1. The summed E-state index contributed by atoms with van der Waals surface area (Å²) >= 11 is 3.33. The molecule has 0 aliphatic heterocycles. The maximum atomic E-state index is 4.09. The minimum Gasteiger partial charge on any atom is -0.346 e. The van der Waals surface area contributed by atoms with Crippen molar-refractivity contribution in [2.75, 3.05) is 0 Å². The minimum atomic E-state index is 0.825. The maximum Gasteiger partial charge on any atom is 0.116 e. The first-order valence-corrected chi connectivity index (χ1v) is 4.22. The summed E-state index contributed by atoms with van der Waals surface area (Å²) < 4.78 is 0.904. The molecule has 2 aromatic heterocycles. The summed E-state index contributed by atoms with van der Waals surface area (Å²) in [5.74, 6) is 0. The Morgan fingerprint density at radius 1 is 1.50 bits per heavy atom. The number of hydrogen-bond acceptors (Lipinski definition) is 2. The molecule has 60 valence electrons. The second kappa shape index (κ2) is 2.71. The van der Waals surface area contributed by atoms with Crippen LogP contribution in [0.25, 0.3) is 17.1 Å². The molecule has 0 unspecified atom stereocenters. The van der Waals surface area contributed by atoms with Crippen LogP contribution in [-0.4, -0.2) is 15.0 Å². The highest BCUT2D eigenvalue weighted by atomic mass is 79.9. The van der Waals surface area contributed by atoms with Gasteiger partial charge < -0.3 is 4.98 Å². The summed E-state index contributed by atoms with van der Waals surface area (Å²) in [5, 5.41) is 0. The summed E-state index contributed by atoms with van der Waals surface area (Å²) in [5.41, 5.74) is 2.64. The molecule has 0 aliphatic rings. The lowest BCUT2D eigenvalue weighted by Crippen LogP contribution is -1.84. The highest BCUT2D eigenvalue weighted by Crippen LogP contribution is 2.19. The molecule has 0 bridgehead atoms. The van der Waals surface area contributed by atoms with Gasteiger partial charge in [-0.05, 0) is 28.1 Å². The van der Waals surface area contributed by atoms with Crippen LogP contribution < -0.4 is 0 Å². The topological polar surface area (TPSA) is 41.6 Å². The molecular formula is C8H6BrN3. The van der Waals surface area contributed by atoms with Crippen LogP contribution in [0.2, 0.25) is 0 Å². The molecule has 2 rings (SSSR count). The zero-order chi connectivity index (χ0) is 8.55. The number of nitrogens with zero attached hydrogens (tertiary/aromatic N) is 2. The van der Waals surface area contributed by atoms with Gasteiger partial charge >= 0.3 is 0 Å². The van der Waals surface area contributed by atoms with Crippen molar-refractivity contribution in [2.45, 2.75) is 0 Å². The van der Waals surface area contributed by atoms with Crippen molar-refractivity contribution >= 4 is 33.0 Å². The second-order valence-electron chi connectivity index (χ2n) is 2.34. The van der Waals surface area contributed by atoms with Gasteiger partial charge in [0.15, 0.2) is 0 Å². The largest absolute Gasteiger partial charge is 0.346 e. The Morgan fingerprint density at radius 3 is 3.08 bits per heavy atom. The van der Waals surface area contributed by atoms with Gasteiger partial charge in [0.25, 0.3) is 0 Å². The van der Waals surface area contributed by atoms with Gasteiger partial charge in [0.2, 0.25) is 0 Å². The van der Waals surface area contributed by atoms with Crippen molar-refractivity contribution in [3.8, 4) is 0 Å². The fourth-order valence-corrected chi connectivity index (χ4v) is 1.50. The van der Waals surface area contributed by atoms with E-state index >= 15 is 0 Å². The first kappa shape index (κ1) is 7.49. The Bertz CT molecular complexity index is 433. The smallest absolute Gasteiger partial charge is 0.116 e. The summed E-state index contributed by atoms with van der Waals surface area (Å²) in [6, 6.07) is 1.91. The summed E-state index contributed by atoms with van der Waals surface area (Å²) in [7, 11) is 0. The first-order valence-electron chi connectivity index (χ1n) is 3.43. The van der Waals surface area contributed by atoms with Gasteiger partial charge in [-0.15, -0.1) is 0 Å². The van der Waals surface area contributed by atoms with Gasteiger partial charge in [0, 0.05) is 0 Å². The van der Waals surface area contributed by atoms with E-state index in [1.54, 1.807) is 6.08 Å². The number of H-pyrrole nitrogens is 1. The fourth-order valence-electron chi connectivity index (χ4n) is 1.08. The van der Waals surface area contributed by atoms with Crippen LogP contribution in [-0.2, 0) is 0 Å².